The van der Waals surface area contributed by atoms with Gasteiger partial charge in [-0.3, -0.25) is 9.59 Å². The monoisotopic (exact) mass is 434 g/mol. The fourth-order valence-electron chi connectivity index (χ4n) is 3.29. The number of nitrogens with one attached hydrogen (secondary N) is 1. The van der Waals surface area contributed by atoms with Crippen LogP contribution in [0, 0.1) is 11.6 Å². The first-order valence-corrected chi connectivity index (χ1v) is 9.47. The highest BCUT2D eigenvalue weighted by Crippen LogP contribution is 2.28. The van der Waals surface area contributed by atoms with Crippen molar-refractivity contribution in [3.63, 3.8) is 0 Å². The van der Waals surface area contributed by atoms with E-state index in [0.29, 0.717) is 12.2 Å². The van der Waals surface area contributed by atoms with Crippen molar-refractivity contribution in [1.29, 1.82) is 0 Å². The first kappa shape index (κ1) is 22.2. The number of aryl methyl sites for hydroxylation is 1. The molecule has 2 aromatic carbocycles. The minimum atomic E-state index is -1.13. The molecular weight excluding hydrogens is 413 g/mol. The number of ether oxygens (including phenoxy) is 2. The maximum atomic E-state index is 14.7. The van der Waals surface area contributed by atoms with E-state index in [9.17, 15) is 22.8 Å². The number of carbonyl (C=O) groups excluding carboxylic acids is 1. The molecule has 1 heterocycles. The predicted molar refractivity (Wildman–Crippen MR) is 110 cm³/mol. The van der Waals surface area contributed by atoms with Crippen LogP contribution in [0.25, 0.3) is 10.9 Å². The third-order valence-electron chi connectivity index (χ3n) is 4.84. The molecular formula is C22H21F3N2O4. The summed E-state index contributed by atoms with van der Waals surface area (Å²) in [5, 5.41) is 2.24. The van der Waals surface area contributed by atoms with Crippen LogP contribution in [0.4, 0.5) is 13.2 Å². The Bertz CT molecular complexity index is 1160. The maximum Gasteiger partial charge on any atom is 0.256 e. The van der Waals surface area contributed by atoms with Gasteiger partial charge >= 0.3 is 0 Å². The van der Waals surface area contributed by atoms with Crippen molar-refractivity contribution in [1.82, 2.24) is 9.88 Å². The zero-order valence-corrected chi connectivity index (χ0v) is 17.0. The van der Waals surface area contributed by atoms with Crippen molar-refractivity contribution in [3.05, 3.63) is 69.5 Å². The number of nitrogens with zero attached hydrogens (tertiary/aromatic N) is 1. The smallest absolute Gasteiger partial charge is 0.256 e. The van der Waals surface area contributed by atoms with E-state index in [4.69, 9.17) is 9.47 Å². The number of pyridine rings is 1. The molecule has 0 atom stereocenters. The van der Waals surface area contributed by atoms with E-state index in [1.54, 1.807) is 19.2 Å². The minimum Gasteiger partial charge on any atom is -0.497 e. The Balaban J connectivity index is 1.90. The Labute approximate surface area is 176 Å². The molecule has 0 radical (unpaired) electrons. The van der Waals surface area contributed by atoms with Gasteiger partial charge in [-0.2, -0.15) is 0 Å². The van der Waals surface area contributed by atoms with Crippen LogP contribution in [0.15, 0.2) is 41.3 Å². The average molecular weight is 434 g/mol. The third-order valence-corrected chi connectivity index (χ3v) is 4.84. The van der Waals surface area contributed by atoms with Gasteiger partial charge in [-0.25, -0.2) is 13.2 Å². The van der Waals surface area contributed by atoms with Crippen molar-refractivity contribution in [2.24, 2.45) is 0 Å². The van der Waals surface area contributed by atoms with Gasteiger partial charge in [0.2, 0.25) is 5.43 Å². The number of carbonyl (C=O) groups is 1. The van der Waals surface area contributed by atoms with E-state index in [0.717, 1.165) is 29.5 Å². The van der Waals surface area contributed by atoms with Gasteiger partial charge in [-0.05, 0) is 30.2 Å². The number of benzene rings is 2. The van der Waals surface area contributed by atoms with Crippen molar-refractivity contribution < 1.29 is 27.4 Å². The summed E-state index contributed by atoms with van der Waals surface area (Å²) in [4.78, 5) is 25.4. The van der Waals surface area contributed by atoms with Crippen LogP contribution in [-0.2, 0) is 13.0 Å². The molecule has 0 aliphatic rings. The number of methoxy groups -OCH3 is 2. The standard InChI is InChI=1S/C22H21F3N2O4/c1-30-14-5-3-13(4-6-14)7-9-26-22(29)16-12-27(10-8-23)19-15(20(16)28)11-17(24)21(31-2)18(19)25/h3-6,11-12H,7-10H2,1-2H3,(H,26,29). The van der Waals surface area contributed by atoms with E-state index in [-0.39, 0.29) is 29.6 Å². The van der Waals surface area contributed by atoms with Crippen molar-refractivity contribution in [2.45, 2.75) is 13.0 Å². The first-order chi connectivity index (χ1) is 14.9. The number of halogens is 3. The Morgan fingerprint density at radius 2 is 1.84 bits per heavy atom. The van der Waals surface area contributed by atoms with E-state index >= 15 is 0 Å². The van der Waals surface area contributed by atoms with E-state index < -0.39 is 35.4 Å². The number of alkyl halides is 1. The van der Waals surface area contributed by atoms with E-state index in [2.05, 4.69) is 5.32 Å². The number of fused-ring (bicyclic) bond motifs is 1. The molecule has 164 valence electrons. The molecule has 0 aliphatic heterocycles. The molecule has 0 unspecified atom stereocenters. The summed E-state index contributed by atoms with van der Waals surface area (Å²) in [6, 6.07) is 8.05. The molecule has 3 rings (SSSR count). The summed E-state index contributed by atoms with van der Waals surface area (Å²) in [5.74, 6) is -2.92. The summed E-state index contributed by atoms with van der Waals surface area (Å²) < 4.78 is 52.8. The lowest BCUT2D eigenvalue weighted by molar-refractivity contribution is 0.0952. The number of hydrogen-bond donors (Lipinski definition) is 1. The van der Waals surface area contributed by atoms with Crippen LogP contribution < -0.4 is 20.2 Å². The van der Waals surface area contributed by atoms with Gasteiger partial charge in [0, 0.05) is 12.7 Å². The van der Waals surface area contributed by atoms with Crippen molar-refractivity contribution >= 4 is 16.8 Å². The quantitative estimate of drug-likeness (QED) is 0.591. The average Bonchev–Trinajstić information content (AvgIpc) is 2.76. The van der Waals surface area contributed by atoms with Crippen molar-refractivity contribution in [3.8, 4) is 11.5 Å². The normalized spacial score (nSPS) is 10.9. The second-order valence-corrected chi connectivity index (χ2v) is 6.71. The number of aromatic nitrogens is 1. The van der Waals surface area contributed by atoms with Gasteiger partial charge in [0.05, 0.1) is 31.7 Å². The van der Waals surface area contributed by atoms with Crippen LogP contribution >= 0.6 is 0 Å². The molecule has 0 spiro atoms. The predicted octanol–water partition coefficient (Wildman–Crippen LogP) is 3.24. The molecule has 3 aromatic rings. The van der Waals surface area contributed by atoms with Gasteiger partial charge in [-0.15, -0.1) is 0 Å². The molecule has 31 heavy (non-hydrogen) atoms. The van der Waals surface area contributed by atoms with Crippen LogP contribution in [0.5, 0.6) is 11.5 Å². The highest BCUT2D eigenvalue weighted by Gasteiger charge is 2.22. The van der Waals surface area contributed by atoms with Gasteiger partial charge < -0.3 is 19.4 Å². The van der Waals surface area contributed by atoms with Gasteiger partial charge in [0.25, 0.3) is 5.91 Å². The molecule has 0 aliphatic carbocycles. The SMILES string of the molecule is COc1ccc(CCNC(=O)c2cn(CCF)c3c(F)c(OC)c(F)cc3c2=O)cc1. The zero-order valence-electron chi connectivity index (χ0n) is 17.0. The number of rotatable bonds is 8. The molecule has 0 saturated heterocycles. The second kappa shape index (κ2) is 9.55. The van der Waals surface area contributed by atoms with Crippen LogP contribution in [0.3, 0.4) is 0 Å². The van der Waals surface area contributed by atoms with E-state index in [1.165, 1.54) is 0 Å². The second-order valence-electron chi connectivity index (χ2n) is 6.71. The van der Waals surface area contributed by atoms with Gasteiger partial charge in [0.1, 0.15) is 18.0 Å². The third kappa shape index (κ3) is 4.50. The highest BCUT2D eigenvalue weighted by atomic mass is 19.1. The number of amides is 1. The fourth-order valence-corrected chi connectivity index (χ4v) is 3.29. The molecule has 0 saturated carbocycles. The summed E-state index contributed by atoms with van der Waals surface area (Å²) in [5.41, 5.74) is -0.575. The minimum absolute atomic E-state index is 0.219. The molecule has 0 fully saturated rings. The van der Waals surface area contributed by atoms with Crippen LogP contribution in [-0.4, -0.2) is 37.9 Å². The first-order valence-electron chi connectivity index (χ1n) is 9.47. The summed E-state index contributed by atoms with van der Waals surface area (Å²) in [7, 11) is 2.64. The lowest BCUT2D eigenvalue weighted by Gasteiger charge is -2.15. The summed E-state index contributed by atoms with van der Waals surface area (Å²) in [6.07, 6.45) is 1.57. The lowest BCUT2D eigenvalue weighted by Crippen LogP contribution is -2.31. The fraction of sp³-hybridized carbons (Fsp3) is 0.273. The topological polar surface area (TPSA) is 69.6 Å². The zero-order chi connectivity index (χ0) is 22.5. The van der Waals surface area contributed by atoms with Crippen molar-refractivity contribution in [2.75, 3.05) is 27.4 Å². The van der Waals surface area contributed by atoms with Crippen LogP contribution in [0.1, 0.15) is 15.9 Å². The molecule has 9 heteroatoms. The molecule has 0 bridgehead atoms. The Hall–Kier alpha value is -3.49. The number of hydrogen-bond acceptors (Lipinski definition) is 4. The van der Waals surface area contributed by atoms with Gasteiger partial charge in [-0.1, -0.05) is 12.1 Å². The van der Waals surface area contributed by atoms with Gasteiger partial charge in [0.15, 0.2) is 17.4 Å². The molecule has 1 aromatic heterocycles. The maximum absolute atomic E-state index is 14.7. The molecule has 6 nitrogen and oxygen atoms in total. The summed E-state index contributed by atoms with van der Waals surface area (Å²) in [6.45, 7) is -0.985. The Kier molecular flexibility index (Phi) is 6.84. The van der Waals surface area contributed by atoms with Crippen LogP contribution in [0.2, 0.25) is 0 Å². The Morgan fingerprint density at radius 1 is 1.13 bits per heavy atom. The largest absolute Gasteiger partial charge is 0.497 e. The molecule has 1 amide bonds. The molecule has 1 N–H and O–H groups in total. The lowest BCUT2D eigenvalue weighted by atomic mass is 10.1. The highest BCUT2D eigenvalue weighted by molar-refractivity contribution is 5.97. The van der Waals surface area contributed by atoms with E-state index in [1.807, 2.05) is 12.1 Å². The Morgan fingerprint density at radius 3 is 2.45 bits per heavy atom. The summed E-state index contributed by atoms with van der Waals surface area (Å²) >= 11 is 0.